The summed E-state index contributed by atoms with van der Waals surface area (Å²) in [6.45, 7) is 5.31. The monoisotopic (exact) mass is 340 g/mol. The highest BCUT2D eigenvalue weighted by atomic mass is 32.2. The van der Waals surface area contributed by atoms with Crippen LogP contribution in [0.1, 0.15) is 31.9 Å². The first kappa shape index (κ1) is 18.2. The van der Waals surface area contributed by atoms with Crippen LogP contribution in [0.25, 0.3) is 0 Å². The van der Waals surface area contributed by atoms with Crippen LogP contribution in [-0.4, -0.2) is 54.3 Å². The summed E-state index contributed by atoms with van der Waals surface area (Å²) in [7, 11) is 0. The van der Waals surface area contributed by atoms with Gasteiger partial charge in [0.15, 0.2) is 0 Å². The zero-order chi connectivity index (χ0) is 17.5. The summed E-state index contributed by atoms with van der Waals surface area (Å²) in [5.41, 5.74) is -0.732. The Kier molecular flexibility index (Phi) is 4.81. The minimum absolute atomic E-state index is 0.674. The highest BCUT2D eigenvalue weighted by Crippen LogP contribution is 2.40. The Morgan fingerprint density at radius 1 is 1.13 bits per heavy atom. The molecule has 0 radical (unpaired) electrons. The fraction of sp³-hybridized carbons (Fsp3) is 0.562. The van der Waals surface area contributed by atoms with Gasteiger partial charge >= 0.3 is 0 Å². The fourth-order valence-electron chi connectivity index (χ4n) is 2.31. The van der Waals surface area contributed by atoms with E-state index in [2.05, 4.69) is 10.5 Å². The Labute approximate surface area is 140 Å². The molecule has 1 aromatic carbocycles. The molecule has 7 heteroatoms. The van der Waals surface area contributed by atoms with E-state index in [1.165, 1.54) is 32.5 Å². The van der Waals surface area contributed by atoms with Crippen molar-refractivity contribution in [3.8, 4) is 0 Å². The molecule has 1 aliphatic heterocycles. The van der Waals surface area contributed by atoms with Gasteiger partial charge in [0.2, 0.25) is 0 Å². The van der Waals surface area contributed by atoms with E-state index in [9.17, 15) is 20.4 Å². The van der Waals surface area contributed by atoms with Gasteiger partial charge in [-0.3, -0.25) is 5.43 Å². The van der Waals surface area contributed by atoms with Crippen LogP contribution < -0.4 is 5.43 Å². The first-order valence-electron chi connectivity index (χ1n) is 7.38. The quantitative estimate of drug-likeness (QED) is 0.537. The van der Waals surface area contributed by atoms with Crippen LogP contribution >= 0.6 is 11.8 Å². The molecular formula is C16H24N2O4S. The summed E-state index contributed by atoms with van der Waals surface area (Å²) in [4.78, 5) is 0. The van der Waals surface area contributed by atoms with E-state index < -0.39 is 28.8 Å². The molecule has 1 aliphatic rings. The zero-order valence-electron chi connectivity index (χ0n) is 13.7. The normalized spacial score (nSPS) is 25.7. The van der Waals surface area contributed by atoms with Crippen LogP contribution in [0.2, 0.25) is 0 Å². The number of nitrogens with zero attached hydrogens (tertiary/aromatic N) is 1. The second kappa shape index (κ2) is 6.07. The number of benzene rings is 1. The van der Waals surface area contributed by atoms with Gasteiger partial charge in [0, 0.05) is 5.56 Å². The molecule has 0 aromatic heterocycles. The topological polar surface area (TPSA) is 105 Å². The lowest BCUT2D eigenvalue weighted by Gasteiger charge is -2.48. The van der Waals surface area contributed by atoms with Crippen molar-refractivity contribution in [1.82, 2.24) is 5.43 Å². The third kappa shape index (κ3) is 3.12. The average Bonchev–Trinajstić information content (AvgIpc) is 2.98. The molecule has 1 heterocycles. The van der Waals surface area contributed by atoms with Crippen molar-refractivity contribution in [2.24, 2.45) is 5.10 Å². The summed E-state index contributed by atoms with van der Waals surface area (Å²) in [5.74, 6) is 0. The van der Waals surface area contributed by atoms with Gasteiger partial charge in [0.1, 0.15) is 27.2 Å². The fourth-order valence-corrected chi connectivity index (χ4v) is 3.47. The zero-order valence-corrected chi connectivity index (χ0v) is 14.6. The summed E-state index contributed by atoms with van der Waals surface area (Å²) >= 11 is 1.27. The number of nitrogens with one attached hydrogen (secondary N) is 1. The van der Waals surface area contributed by atoms with Gasteiger partial charge in [-0.2, -0.15) is 5.10 Å². The van der Waals surface area contributed by atoms with E-state index >= 15 is 0 Å². The van der Waals surface area contributed by atoms with Crippen LogP contribution in [0.3, 0.4) is 0 Å². The Hall–Kier alpha value is -1.12. The highest BCUT2D eigenvalue weighted by Gasteiger charge is 2.58. The SMILES string of the molecule is Cc1ccc(C2=NN[C@H]([C@](C)(O)[C@](C)(O)[C@](C)(O)CO)S2)cc1. The predicted molar refractivity (Wildman–Crippen MR) is 91.2 cm³/mol. The molecule has 0 bridgehead atoms. The van der Waals surface area contributed by atoms with Crippen molar-refractivity contribution in [3.63, 3.8) is 0 Å². The standard InChI is InChI=1S/C16H24N2O4S/c1-10-5-7-11(8-6-10)12-17-18-13(23-12)15(3,21)16(4,22)14(2,20)9-19/h5-8,13,18-22H,9H2,1-4H3/t13-,14+,15-,16+/m0/s1. The maximum atomic E-state index is 10.8. The van der Waals surface area contributed by atoms with E-state index in [1.807, 2.05) is 31.2 Å². The lowest BCUT2D eigenvalue weighted by Crippen LogP contribution is -2.70. The first-order valence-corrected chi connectivity index (χ1v) is 8.26. The molecule has 0 spiro atoms. The third-order valence-corrected chi connectivity index (χ3v) is 6.01. The molecule has 0 amide bonds. The Morgan fingerprint density at radius 3 is 2.22 bits per heavy atom. The number of rotatable bonds is 5. The van der Waals surface area contributed by atoms with Gasteiger partial charge in [-0.15, -0.1) is 0 Å². The Balaban J connectivity index is 2.20. The minimum Gasteiger partial charge on any atom is -0.393 e. The number of aliphatic hydroxyl groups is 4. The van der Waals surface area contributed by atoms with E-state index in [0.717, 1.165) is 11.1 Å². The maximum absolute atomic E-state index is 10.8. The lowest BCUT2D eigenvalue weighted by atomic mass is 9.73. The molecule has 2 rings (SSSR count). The van der Waals surface area contributed by atoms with Crippen molar-refractivity contribution in [1.29, 1.82) is 0 Å². The highest BCUT2D eigenvalue weighted by molar-refractivity contribution is 8.15. The molecule has 0 fully saturated rings. The molecule has 0 saturated heterocycles. The van der Waals surface area contributed by atoms with Crippen LogP contribution in [0, 0.1) is 6.92 Å². The smallest absolute Gasteiger partial charge is 0.127 e. The average molecular weight is 340 g/mol. The second-order valence-corrected chi connectivity index (χ2v) is 7.66. The van der Waals surface area contributed by atoms with Crippen molar-refractivity contribution in [3.05, 3.63) is 35.4 Å². The Bertz CT molecular complexity index is 597. The number of hydrazone groups is 1. The summed E-state index contributed by atoms with van der Waals surface area (Å²) in [6, 6.07) is 7.80. The predicted octanol–water partition coefficient (Wildman–Crippen LogP) is 0.564. The molecule has 6 nitrogen and oxygen atoms in total. The van der Waals surface area contributed by atoms with E-state index in [0.29, 0.717) is 5.04 Å². The summed E-state index contributed by atoms with van der Waals surface area (Å²) in [5, 5.41) is 45.3. The number of aliphatic hydroxyl groups excluding tert-OH is 1. The van der Waals surface area contributed by atoms with Gasteiger partial charge in [-0.1, -0.05) is 41.6 Å². The largest absolute Gasteiger partial charge is 0.393 e. The molecular weight excluding hydrogens is 316 g/mol. The van der Waals surface area contributed by atoms with Gasteiger partial charge in [-0.05, 0) is 27.7 Å². The van der Waals surface area contributed by atoms with Crippen LogP contribution in [0.5, 0.6) is 0 Å². The van der Waals surface area contributed by atoms with Gasteiger partial charge in [0.25, 0.3) is 0 Å². The molecule has 0 unspecified atom stereocenters. The van der Waals surface area contributed by atoms with E-state index in [-0.39, 0.29) is 0 Å². The molecule has 128 valence electrons. The van der Waals surface area contributed by atoms with Crippen LogP contribution in [-0.2, 0) is 0 Å². The van der Waals surface area contributed by atoms with Crippen molar-refractivity contribution >= 4 is 16.8 Å². The number of hydrogen-bond acceptors (Lipinski definition) is 7. The summed E-state index contributed by atoms with van der Waals surface area (Å²) < 4.78 is 0. The summed E-state index contributed by atoms with van der Waals surface area (Å²) in [6.07, 6.45) is 0. The maximum Gasteiger partial charge on any atom is 0.127 e. The van der Waals surface area contributed by atoms with Gasteiger partial charge in [-0.25, -0.2) is 0 Å². The molecule has 23 heavy (non-hydrogen) atoms. The third-order valence-electron chi connectivity index (χ3n) is 4.66. The number of aryl methyl sites for hydroxylation is 1. The second-order valence-electron chi connectivity index (χ2n) is 6.56. The minimum atomic E-state index is -1.96. The van der Waals surface area contributed by atoms with E-state index in [1.54, 1.807) is 0 Å². The van der Waals surface area contributed by atoms with Crippen molar-refractivity contribution in [2.45, 2.75) is 49.9 Å². The lowest BCUT2D eigenvalue weighted by molar-refractivity contribution is -0.236. The molecule has 1 aromatic rings. The molecule has 5 N–H and O–H groups in total. The molecule has 4 atom stereocenters. The number of thioether (sulfide) groups is 1. The molecule has 0 saturated carbocycles. The van der Waals surface area contributed by atoms with Gasteiger partial charge < -0.3 is 20.4 Å². The first-order chi connectivity index (χ1) is 10.5. The van der Waals surface area contributed by atoms with Crippen molar-refractivity contribution < 1.29 is 20.4 Å². The van der Waals surface area contributed by atoms with Crippen LogP contribution in [0.15, 0.2) is 29.4 Å². The van der Waals surface area contributed by atoms with Gasteiger partial charge in [0.05, 0.1) is 6.61 Å². The van der Waals surface area contributed by atoms with Crippen molar-refractivity contribution in [2.75, 3.05) is 6.61 Å². The van der Waals surface area contributed by atoms with E-state index in [4.69, 9.17) is 0 Å². The van der Waals surface area contributed by atoms with Crippen LogP contribution in [0.4, 0.5) is 0 Å². The number of hydrogen-bond donors (Lipinski definition) is 5. The Morgan fingerprint density at radius 2 is 1.70 bits per heavy atom. The molecule has 0 aliphatic carbocycles.